The summed E-state index contributed by atoms with van der Waals surface area (Å²) >= 11 is 0. The Balaban J connectivity index is 0.00000381. The number of amides is 1. The molecule has 0 aromatic carbocycles. The Kier molecular flexibility index (Phi) is 33.8. The predicted octanol–water partition coefficient (Wildman–Crippen LogP) is 11.1. The largest absolute Gasteiger partial charge is 0.726 e. The Hall–Kier alpha value is -1.19. The van der Waals surface area contributed by atoms with E-state index < -0.39 is 10.4 Å². The molecule has 2 N–H and O–H groups in total. The Morgan fingerprint density at radius 3 is 1.37 bits per heavy atom. The second kappa shape index (κ2) is 34.6. The van der Waals surface area contributed by atoms with Crippen LogP contribution in [0.25, 0.3) is 0 Å². The number of carbonyl (C=O) groups excluding carboxylic acids is 1. The molecule has 1 aliphatic heterocycles. The first-order valence-electron chi connectivity index (χ1n) is 21.8. The van der Waals surface area contributed by atoms with Crippen LogP contribution in [0.5, 0.6) is 0 Å². The van der Waals surface area contributed by atoms with E-state index in [1.807, 2.05) is 0 Å². The summed E-state index contributed by atoms with van der Waals surface area (Å²) < 4.78 is 33.5. The van der Waals surface area contributed by atoms with Gasteiger partial charge in [0.05, 0.1) is 13.2 Å². The molecule has 1 heterocycles. The van der Waals surface area contributed by atoms with Crippen molar-refractivity contribution in [2.24, 2.45) is 0 Å². The van der Waals surface area contributed by atoms with Crippen molar-refractivity contribution in [1.82, 2.24) is 10.6 Å². The Bertz CT molecular complexity index is 929. The highest BCUT2D eigenvalue weighted by molar-refractivity contribution is 7.80. The van der Waals surface area contributed by atoms with Crippen LogP contribution in [0.3, 0.4) is 0 Å². The molecule has 51 heavy (non-hydrogen) atoms. The van der Waals surface area contributed by atoms with Crippen LogP contribution in [-0.4, -0.2) is 61.6 Å². The maximum absolute atomic E-state index is 13.0. The molecule has 0 saturated heterocycles. The van der Waals surface area contributed by atoms with Gasteiger partial charge in [-0.3, -0.25) is 18.9 Å². The van der Waals surface area contributed by atoms with Crippen LogP contribution in [0.15, 0.2) is 0 Å². The third-order valence-electron chi connectivity index (χ3n) is 11.0. The Morgan fingerprint density at radius 1 is 0.706 bits per heavy atom. The molecule has 0 fully saturated rings. The number of rotatable bonds is 35. The van der Waals surface area contributed by atoms with Crippen molar-refractivity contribution in [3.8, 4) is 0 Å². The lowest BCUT2D eigenvalue weighted by molar-refractivity contribution is -0.603. The lowest BCUT2D eigenvalue weighted by Crippen LogP contribution is -2.57. The molecule has 0 radical (unpaired) electrons. The van der Waals surface area contributed by atoms with E-state index in [2.05, 4.69) is 53.4 Å². The van der Waals surface area contributed by atoms with Gasteiger partial charge >= 0.3 is 0 Å². The van der Waals surface area contributed by atoms with Gasteiger partial charge in [0.25, 0.3) is 0 Å². The number of unbranched alkanes of at least 4 members (excludes halogenated alkanes) is 26. The van der Waals surface area contributed by atoms with E-state index in [1.54, 1.807) is 0 Å². The molecule has 1 aliphatic rings. The average molecular weight is 744 g/mol. The monoisotopic (exact) mass is 744 g/mol. The molecule has 0 aromatic heterocycles. The Morgan fingerprint density at radius 2 is 1.06 bits per heavy atom. The zero-order valence-corrected chi connectivity index (χ0v) is 35.2. The fourth-order valence-electron chi connectivity index (χ4n) is 7.62. The highest BCUT2D eigenvalue weighted by Crippen LogP contribution is 2.29. The summed E-state index contributed by atoms with van der Waals surface area (Å²) in [5, 5.41) is 6.91. The SMILES string of the molecule is CCCCCCCCCCCCCCCCCC(=O)NC(C)C(CC)(CCCCCCCCCCCCCCC)[N+]1=CNCC1.COS(=O)(=O)[O-]. The van der Waals surface area contributed by atoms with Gasteiger partial charge in [0.2, 0.25) is 22.6 Å². The summed E-state index contributed by atoms with van der Waals surface area (Å²) in [6.45, 7) is 11.2. The zero-order valence-electron chi connectivity index (χ0n) is 34.4. The quantitative estimate of drug-likeness (QED) is 0.0289. The van der Waals surface area contributed by atoms with Gasteiger partial charge in [0.15, 0.2) is 0 Å². The summed E-state index contributed by atoms with van der Waals surface area (Å²) in [5.41, 5.74) is 0.0198. The van der Waals surface area contributed by atoms with E-state index in [9.17, 15) is 17.8 Å². The number of nitrogens with one attached hydrogen (secondary N) is 2. The molecule has 1 amide bonds. The molecule has 304 valence electrons. The molecule has 2 atom stereocenters. The average Bonchev–Trinajstić information content (AvgIpc) is 3.66. The van der Waals surface area contributed by atoms with Crippen molar-refractivity contribution in [2.75, 3.05) is 20.2 Å². The zero-order chi connectivity index (χ0) is 37.9. The van der Waals surface area contributed by atoms with E-state index in [0.29, 0.717) is 6.42 Å². The van der Waals surface area contributed by atoms with Crippen LogP contribution >= 0.6 is 0 Å². The molecular weight excluding hydrogens is 659 g/mol. The molecule has 0 bridgehead atoms. The van der Waals surface area contributed by atoms with Crippen molar-refractivity contribution >= 4 is 22.6 Å². The lowest BCUT2D eigenvalue weighted by Gasteiger charge is -2.38. The first-order chi connectivity index (χ1) is 24.7. The molecule has 2 unspecified atom stereocenters. The van der Waals surface area contributed by atoms with Crippen LogP contribution in [0.1, 0.15) is 227 Å². The van der Waals surface area contributed by atoms with E-state index in [1.165, 1.54) is 180 Å². The van der Waals surface area contributed by atoms with Gasteiger partial charge in [-0.2, -0.15) is 0 Å². The summed E-state index contributed by atoms with van der Waals surface area (Å²) in [6, 6.07) is 0.166. The normalized spacial score (nSPS) is 14.7. The predicted molar refractivity (Wildman–Crippen MR) is 216 cm³/mol. The lowest BCUT2D eigenvalue weighted by atomic mass is 9.81. The van der Waals surface area contributed by atoms with Gasteiger partial charge in [-0.25, -0.2) is 8.42 Å². The van der Waals surface area contributed by atoms with Crippen molar-refractivity contribution in [2.45, 2.75) is 238 Å². The summed E-state index contributed by atoms with van der Waals surface area (Å²) in [7, 11) is -3.60. The first kappa shape index (κ1) is 49.8. The van der Waals surface area contributed by atoms with E-state index in [-0.39, 0.29) is 17.5 Å². The van der Waals surface area contributed by atoms with Crippen molar-refractivity contribution in [3.05, 3.63) is 0 Å². The second-order valence-electron chi connectivity index (χ2n) is 15.3. The molecule has 0 aliphatic carbocycles. The van der Waals surface area contributed by atoms with Crippen LogP contribution in [0.2, 0.25) is 0 Å². The minimum Gasteiger partial charge on any atom is -0.726 e. The van der Waals surface area contributed by atoms with Gasteiger partial charge < -0.3 is 9.87 Å². The number of carbonyl (C=O) groups is 1. The van der Waals surface area contributed by atoms with Gasteiger partial charge in [0.1, 0.15) is 18.6 Å². The van der Waals surface area contributed by atoms with Crippen LogP contribution in [-0.2, 0) is 19.4 Å². The summed E-state index contributed by atoms with van der Waals surface area (Å²) in [6.07, 6.45) is 43.6. The maximum atomic E-state index is 13.0. The fraction of sp³-hybridized carbons (Fsp3) is 0.952. The molecular formula is C42H85N3O5S. The number of nitrogens with zero attached hydrogens (tertiary/aromatic N) is 1. The Labute approximate surface area is 317 Å². The molecule has 1 rings (SSSR count). The molecule has 8 nitrogen and oxygen atoms in total. The third kappa shape index (κ3) is 28.9. The van der Waals surface area contributed by atoms with Gasteiger partial charge in [0, 0.05) is 6.42 Å². The highest BCUT2D eigenvalue weighted by atomic mass is 32.3. The van der Waals surface area contributed by atoms with E-state index in [4.69, 9.17) is 0 Å². The molecule has 9 heteroatoms. The van der Waals surface area contributed by atoms with Gasteiger partial charge in [-0.15, -0.1) is 0 Å². The molecule has 0 spiro atoms. The minimum absolute atomic E-state index is 0.0198. The second-order valence-corrected chi connectivity index (χ2v) is 16.4. The van der Waals surface area contributed by atoms with Crippen LogP contribution < -0.4 is 10.6 Å². The van der Waals surface area contributed by atoms with Crippen molar-refractivity contribution in [3.63, 3.8) is 0 Å². The van der Waals surface area contributed by atoms with Crippen molar-refractivity contribution < 1.29 is 26.5 Å². The van der Waals surface area contributed by atoms with Crippen molar-refractivity contribution in [1.29, 1.82) is 0 Å². The van der Waals surface area contributed by atoms with Crippen LogP contribution in [0.4, 0.5) is 0 Å². The smallest absolute Gasteiger partial charge is 0.232 e. The number of hydrogen-bond acceptors (Lipinski definition) is 6. The highest BCUT2D eigenvalue weighted by Gasteiger charge is 2.42. The van der Waals surface area contributed by atoms with Gasteiger partial charge in [-0.1, -0.05) is 188 Å². The molecule has 0 aromatic rings. The van der Waals surface area contributed by atoms with Crippen LogP contribution in [0, 0.1) is 0 Å². The third-order valence-corrected chi connectivity index (χ3v) is 11.4. The summed E-state index contributed by atoms with van der Waals surface area (Å²) in [4.78, 5) is 13.0. The maximum Gasteiger partial charge on any atom is 0.232 e. The summed E-state index contributed by atoms with van der Waals surface area (Å²) in [5.74, 6) is 0.257. The van der Waals surface area contributed by atoms with Gasteiger partial charge in [-0.05, 0) is 32.6 Å². The van der Waals surface area contributed by atoms with E-state index in [0.717, 1.165) is 33.0 Å². The first-order valence-corrected chi connectivity index (χ1v) is 23.1. The topological polar surface area (TPSA) is 111 Å². The number of hydrogen-bond donors (Lipinski definition) is 2. The standard InChI is InChI=1S/C41H81N3O.CH4O4S/c1-5-8-10-12-14-16-18-20-21-22-24-26-28-30-32-34-40(45)43-39(4)41(7-3,44-37-36-42-38-44)35-33-31-29-27-25-23-19-17-15-13-11-9-6-2;1-5-6(2,3)4/h38-39H,5-37H2,1-4H3,(H,43,45);1H3,(H,2,3,4). The van der Waals surface area contributed by atoms with E-state index >= 15 is 0 Å². The fourth-order valence-corrected chi connectivity index (χ4v) is 7.62. The molecule has 0 saturated carbocycles. The minimum atomic E-state index is -4.41.